The summed E-state index contributed by atoms with van der Waals surface area (Å²) in [7, 11) is 7.98. The molecule has 8 heteroatoms. The summed E-state index contributed by atoms with van der Waals surface area (Å²) < 4.78 is 28.4. The number of benzene rings is 4. The molecule has 0 aliphatic heterocycles. The molecule has 8 nitrogen and oxygen atoms in total. The van der Waals surface area contributed by atoms with E-state index < -0.39 is 0 Å². The number of hydrogen-bond donors (Lipinski definition) is 4. The summed E-state index contributed by atoms with van der Waals surface area (Å²) in [6, 6.07) is 22.9. The first kappa shape index (κ1) is 87.2. The van der Waals surface area contributed by atoms with Gasteiger partial charge in [-0.15, -0.1) is 0 Å². The third-order valence-electron chi connectivity index (χ3n) is 26.9. The second-order valence-electron chi connectivity index (χ2n) is 35.3. The number of anilines is 4. The van der Waals surface area contributed by atoms with E-state index >= 15 is 0 Å². The zero-order valence-electron chi connectivity index (χ0n) is 71.3. The Labute approximate surface area is 664 Å². The monoisotopic (exact) mass is 1490 g/mol. The number of hydrogen-bond acceptors (Lipinski definition) is 8. The molecule has 108 heavy (non-hydrogen) atoms. The van der Waals surface area contributed by atoms with Crippen molar-refractivity contribution in [3.63, 3.8) is 0 Å². The van der Waals surface area contributed by atoms with E-state index in [1.807, 2.05) is 28.4 Å². The van der Waals surface area contributed by atoms with Crippen LogP contribution in [0.25, 0.3) is 0 Å². The highest BCUT2D eigenvalue weighted by molar-refractivity contribution is 5.72. The van der Waals surface area contributed by atoms with Gasteiger partial charge in [-0.2, -0.15) is 0 Å². The van der Waals surface area contributed by atoms with Crippen LogP contribution in [0.15, 0.2) is 48.5 Å². The van der Waals surface area contributed by atoms with Crippen LogP contribution in [0.1, 0.15) is 481 Å². The van der Waals surface area contributed by atoms with Gasteiger partial charge in [-0.05, 0) is 124 Å². The molecule has 0 radical (unpaired) electrons. The quantitative estimate of drug-likeness (QED) is 0.0326. The molecule has 5 aliphatic rings. The van der Waals surface area contributed by atoms with Crippen LogP contribution in [0, 0.1) is 0 Å². The molecule has 4 aromatic carbocycles. The maximum atomic E-state index is 7.09. The summed E-state index contributed by atoms with van der Waals surface area (Å²) in [5, 5.41) is 17.7. The third-order valence-corrected chi connectivity index (χ3v) is 26.9. The first-order chi connectivity index (χ1) is 53.3. The van der Waals surface area contributed by atoms with E-state index in [2.05, 4.69) is 97.5 Å². The van der Waals surface area contributed by atoms with Gasteiger partial charge in [0.15, 0.2) is 0 Å². The minimum Gasteiger partial charge on any atom is -0.496 e. The van der Waals surface area contributed by atoms with Gasteiger partial charge >= 0.3 is 0 Å². The van der Waals surface area contributed by atoms with Crippen LogP contribution in [0.2, 0.25) is 0 Å². The third kappa shape index (κ3) is 27.8. The maximum Gasteiger partial charge on any atom is 0.124 e. The molecular formula is C100H164N4O4. The Bertz CT molecular complexity index is 2650. The number of ether oxygens (including phenoxy) is 4. The van der Waals surface area contributed by atoms with Gasteiger partial charge in [0.2, 0.25) is 0 Å². The van der Waals surface area contributed by atoms with Crippen molar-refractivity contribution in [3.05, 3.63) is 93.0 Å². The minimum absolute atomic E-state index is 0.0591. The van der Waals surface area contributed by atoms with E-state index in [1.54, 1.807) is 0 Å². The molecule has 5 aliphatic carbocycles. The van der Waals surface area contributed by atoms with Crippen molar-refractivity contribution in [3.8, 4) is 23.0 Å². The molecule has 0 saturated heterocycles. The lowest BCUT2D eigenvalue weighted by Gasteiger charge is -2.35. The van der Waals surface area contributed by atoms with E-state index in [-0.39, 0.29) is 23.7 Å². The number of nitrogens with one attached hydrogen (secondary N) is 4. The van der Waals surface area contributed by atoms with Gasteiger partial charge in [0.25, 0.3) is 0 Å². The van der Waals surface area contributed by atoms with Crippen LogP contribution in [0.5, 0.6) is 23.0 Å². The van der Waals surface area contributed by atoms with Gasteiger partial charge in [0, 0.05) is 117 Å². The van der Waals surface area contributed by atoms with Crippen LogP contribution in [0.4, 0.5) is 22.7 Å². The predicted octanol–water partition coefficient (Wildman–Crippen LogP) is 31.2. The zero-order chi connectivity index (χ0) is 75.6. The largest absolute Gasteiger partial charge is 0.496 e. The van der Waals surface area contributed by atoms with Crippen molar-refractivity contribution in [1.29, 1.82) is 0 Å². The summed E-state index contributed by atoms with van der Waals surface area (Å²) in [4.78, 5) is 0. The maximum absolute atomic E-state index is 7.09. The van der Waals surface area contributed by atoms with Gasteiger partial charge in [-0.3, -0.25) is 0 Å². The van der Waals surface area contributed by atoms with Gasteiger partial charge in [-0.1, -0.05) is 336 Å². The predicted molar refractivity (Wildman–Crippen MR) is 469 cm³/mol. The highest BCUT2D eigenvalue weighted by Crippen LogP contribution is 2.54. The molecular weight excluding hydrogens is 1320 g/mol. The highest BCUT2D eigenvalue weighted by Gasteiger charge is 2.36. The second-order valence-corrected chi connectivity index (χ2v) is 35.3. The molecule has 0 spiro atoms. The highest BCUT2D eigenvalue weighted by atomic mass is 16.5. The van der Waals surface area contributed by atoms with Crippen LogP contribution in [-0.4, -0.2) is 52.6 Å². The zero-order valence-corrected chi connectivity index (χ0v) is 71.3. The number of fused-ring (bicyclic) bond motifs is 8. The molecule has 4 aromatic rings. The standard InChI is InChI=1S/C100H164N4O4/c1-9-13-17-21-25-29-33-37-53-65-81-85-69-90(98(106-6)73-93(85)101-77-57-45-41-46-58-77)83(67-55-39-35-31-27-23-19-15-11-3)87-71-92(100(108-8)75-95(87)103-79-61-49-43-50-62-79)84(68-56-40-36-32-28-24-20-16-12-4)88-72-91(99(107-7)76-96(88)104-80-63-51-44-52-64-80)82(66-54-38-34-30-26-22-18-14-10-2)86-70-89(81)97(105-5)74-94(86)102-78-59-47-42-48-60-78/h69-84,101-104H,9-68H2,1-8H3. The van der Waals surface area contributed by atoms with Gasteiger partial charge in [0.1, 0.15) is 23.0 Å². The van der Waals surface area contributed by atoms with Crippen LogP contribution in [-0.2, 0) is 0 Å². The van der Waals surface area contributed by atoms with Gasteiger partial charge in [-0.25, -0.2) is 0 Å². The fourth-order valence-corrected chi connectivity index (χ4v) is 20.3. The number of methoxy groups -OCH3 is 4. The van der Waals surface area contributed by atoms with Gasteiger partial charge in [0.05, 0.1) is 28.4 Å². The van der Waals surface area contributed by atoms with E-state index in [0.717, 1.165) is 48.7 Å². The lowest BCUT2D eigenvalue weighted by molar-refractivity contribution is 0.400. The molecule has 4 fully saturated rings. The summed E-state index contributed by atoms with van der Waals surface area (Å²) in [6.45, 7) is 9.39. The Kier molecular flexibility index (Phi) is 41.3. The lowest BCUT2D eigenvalue weighted by Crippen LogP contribution is -2.25. The van der Waals surface area contributed by atoms with E-state index in [4.69, 9.17) is 18.9 Å². The smallest absolute Gasteiger partial charge is 0.124 e. The molecule has 608 valence electrons. The van der Waals surface area contributed by atoms with Crippen LogP contribution < -0.4 is 40.2 Å². The first-order valence-electron chi connectivity index (χ1n) is 47.3. The fraction of sp³-hybridized carbons (Fsp3) is 0.760. The average Bonchev–Trinajstić information content (AvgIpc) is 0.747. The molecule has 8 bridgehead atoms. The number of rotatable bonds is 52. The topological polar surface area (TPSA) is 85.0 Å². The Balaban J connectivity index is 1.35. The van der Waals surface area contributed by atoms with Crippen molar-refractivity contribution in [2.75, 3.05) is 49.7 Å². The Morgan fingerprint density at radius 2 is 0.380 bits per heavy atom. The summed E-state index contributed by atoms with van der Waals surface area (Å²) in [5.41, 5.74) is 16.3. The first-order valence-corrected chi connectivity index (χ1v) is 47.3. The lowest BCUT2D eigenvalue weighted by atomic mass is 9.75. The van der Waals surface area contributed by atoms with Crippen molar-refractivity contribution >= 4 is 22.7 Å². The van der Waals surface area contributed by atoms with E-state index in [9.17, 15) is 0 Å². The molecule has 0 aromatic heterocycles. The Morgan fingerprint density at radius 1 is 0.213 bits per heavy atom. The van der Waals surface area contributed by atoms with E-state index in [0.29, 0.717) is 24.2 Å². The fourth-order valence-electron chi connectivity index (χ4n) is 20.3. The van der Waals surface area contributed by atoms with Crippen LogP contribution in [0.3, 0.4) is 0 Å². The SMILES string of the molecule is CCCCCCCCCCCC1c2cc(c(OC)cc2NC2CCCCC2)C(CCCCCCCCCCC)c2cc(c(OC)cc2NC2CCCCC2)C(CCCCCCCCCCC)c2cc(c(OC)cc2NC2CCCCC2)C(CCCCCCCCCCC)c2cc1c(OC)cc2NC1CCCCC1. The second kappa shape index (κ2) is 51.1. The Morgan fingerprint density at radius 3 is 0.546 bits per heavy atom. The molecule has 4 atom stereocenters. The number of unbranched alkanes of at least 4 members (excludes halogenated alkanes) is 32. The van der Waals surface area contributed by atoms with Gasteiger partial charge < -0.3 is 40.2 Å². The summed E-state index contributed by atoms with van der Waals surface area (Å²) >= 11 is 0. The molecule has 0 heterocycles. The normalized spacial score (nSPS) is 19.0. The summed E-state index contributed by atoms with van der Waals surface area (Å²) in [6.07, 6.45) is 76.3. The summed E-state index contributed by atoms with van der Waals surface area (Å²) in [5.74, 6) is 4.38. The average molecular weight is 1490 g/mol. The molecule has 9 rings (SSSR count). The molecule has 4 N–H and O–H groups in total. The van der Waals surface area contributed by atoms with E-state index in [1.165, 1.54) is 427 Å². The van der Waals surface area contributed by atoms with Crippen molar-refractivity contribution in [2.45, 2.75) is 461 Å². The van der Waals surface area contributed by atoms with Crippen molar-refractivity contribution < 1.29 is 18.9 Å². The van der Waals surface area contributed by atoms with Crippen LogP contribution >= 0.6 is 0 Å². The van der Waals surface area contributed by atoms with Crippen molar-refractivity contribution in [1.82, 2.24) is 0 Å². The minimum atomic E-state index is 0.0591. The Hall–Kier alpha value is -4.72. The molecule has 0 amide bonds. The molecule has 4 saturated carbocycles. The molecule has 4 unspecified atom stereocenters. The van der Waals surface area contributed by atoms with Crippen molar-refractivity contribution in [2.24, 2.45) is 0 Å².